The summed E-state index contributed by atoms with van der Waals surface area (Å²) < 4.78 is 10.8. The van der Waals surface area contributed by atoms with Crippen molar-refractivity contribution in [3.8, 4) is 5.75 Å². The van der Waals surface area contributed by atoms with Crippen LogP contribution in [0, 0.1) is 0 Å². The average molecular weight is 395 g/mol. The molecule has 1 aliphatic rings. The molecule has 138 valence electrons. The lowest BCUT2D eigenvalue weighted by Gasteiger charge is -2.16. The van der Waals surface area contributed by atoms with Gasteiger partial charge in [0.25, 0.3) is 0 Å². The number of cyclic esters (lactones) is 1. The number of rotatable bonds is 7. The van der Waals surface area contributed by atoms with Gasteiger partial charge in [0.15, 0.2) is 6.10 Å². The molecule has 1 saturated heterocycles. The fourth-order valence-corrected chi connectivity index (χ4v) is 3.01. The molecule has 2 aromatic carbocycles. The summed E-state index contributed by atoms with van der Waals surface area (Å²) in [5.74, 6) is 0.573. The molecule has 26 heavy (non-hydrogen) atoms. The van der Waals surface area contributed by atoms with Crippen LogP contribution in [0.5, 0.6) is 5.75 Å². The smallest absolute Gasteiger partial charge is 0.407 e. The van der Waals surface area contributed by atoms with Crippen molar-refractivity contribution in [1.29, 1.82) is 0 Å². The highest BCUT2D eigenvalue weighted by Gasteiger charge is 2.23. The molecule has 2 atom stereocenters. The van der Waals surface area contributed by atoms with Crippen LogP contribution in [0.25, 0.3) is 0 Å². The number of ether oxygens (including phenoxy) is 2. The third-order valence-electron chi connectivity index (χ3n) is 4.13. The second-order valence-electron chi connectivity index (χ2n) is 6.14. The molecule has 0 radical (unpaired) electrons. The van der Waals surface area contributed by atoms with Crippen LogP contribution < -0.4 is 15.4 Å². The lowest BCUT2D eigenvalue weighted by atomic mass is 10.1. The fourth-order valence-electron chi connectivity index (χ4n) is 2.64. The summed E-state index contributed by atoms with van der Waals surface area (Å²) in [4.78, 5) is 11.0. The van der Waals surface area contributed by atoms with Gasteiger partial charge in [-0.05, 0) is 42.3 Å². The lowest BCUT2D eigenvalue weighted by Crippen LogP contribution is -2.22. The number of hydrogen-bond acceptors (Lipinski definition) is 4. The van der Waals surface area contributed by atoms with Gasteiger partial charge < -0.3 is 20.1 Å². The average Bonchev–Trinajstić information content (AvgIpc) is 3.05. The van der Waals surface area contributed by atoms with E-state index in [4.69, 9.17) is 32.7 Å². The lowest BCUT2D eigenvalue weighted by molar-refractivity contribution is 0.105. The maximum absolute atomic E-state index is 11.0. The van der Waals surface area contributed by atoms with E-state index < -0.39 is 6.09 Å². The Morgan fingerprint density at radius 1 is 1.31 bits per heavy atom. The minimum absolute atomic E-state index is 0.151. The second-order valence-corrected chi connectivity index (χ2v) is 6.99. The van der Waals surface area contributed by atoms with Crippen molar-refractivity contribution < 1.29 is 14.3 Å². The zero-order valence-electron chi connectivity index (χ0n) is 14.3. The van der Waals surface area contributed by atoms with E-state index in [-0.39, 0.29) is 18.8 Å². The number of hydrogen-bond donors (Lipinski definition) is 2. The number of halogens is 2. The van der Waals surface area contributed by atoms with Crippen molar-refractivity contribution in [1.82, 2.24) is 10.6 Å². The van der Waals surface area contributed by atoms with E-state index in [9.17, 15) is 4.79 Å². The molecule has 1 heterocycles. The molecule has 0 aromatic heterocycles. The summed E-state index contributed by atoms with van der Waals surface area (Å²) >= 11 is 12.3. The number of nitrogens with one attached hydrogen (secondary N) is 2. The molecule has 7 heteroatoms. The Morgan fingerprint density at radius 2 is 2.15 bits per heavy atom. The molecular weight excluding hydrogens is 375 g/mol. The van der Waals surface area contributed by atoms with Crippen molar-refractivity contribution in [2.75, 3.05) is 13.2 Å². The molecular formula is C19H20Cl2N2O3. The first kappa shape index (κ1) is 18.8. The maximum atomic E-state index is 11.0. The minimum Gasteiger partial charge on any atom is -0.488 e. The molecule has 2 N–H and O–H groups in total. The van der Waals surface area contributed by atoms with Crippen LogP contribution in [0.2, 0.25) is 10.0 Å². The highest BCUT2D eigenvalue weighted by atomic mass is 35.5. The SMILES string of the molecule is CC(NCc1ccc(Cl)c(OCC2CNC(=O)O2)c1)c1cccc(Cl)c1. The highest BCUT2D eigenvalue weighted by molar-refractivity contribution is 6.32. The van der Waals surface area contributed by atoms with Gasteiger partial charge >= 0.3 is 6.09 Å². The zero-order valence-corrected chi connectivity index (χ0v) is 15.8. The molecule has 0 bridgehead atoms. The summed E-state index contributed by atoms with van der Waals surface area (Å²) in [5.41, 5.74) is 2.17. The van der Waals surface area contributed by atoms with E-state index in [2.05, 4.69) is 17.6 Å². The van der Waals surface area contributed by atoms with Crippen LogP contribution in [0.15, 0.2) is 42.5 Å². The van der Waals surface area contributed by atoms with Gasteiger partial charge in [0, 0.05) is 17.6 Å². The predicted octanol–water partition coefficient (Wildman–Crippen LogP) is 4.33. The van der Waals surface area contributed by atoms with Gasteiger partial charge in [-0.15, -0.1) is 0 Å². The third kappa shape index (κ3) is 5.04. The molecule has 2 aromatic rings. The van der Waals surface area contributed by atoms with Crippen LogP contribution in [-0.4, -0.2) is 25.3 Å². The Balaban J connectivity index is 1.57. The van der Waals surface area contributed by atoms with Crippen LogP contribution in [0.1, 0.15) is 24.1 Å². The Bertz CT molecular complexity index is 785. The molecule has 1 aliphatic heterocycles. The highest BCUT2D eigenvalue weighted by Crippen LogP contribution is 2.26. The van der Waals surface area contributed by atoms with Crippen molar-refractivity contribution in [3.63, 3.8) is 0 Å². The first-order chi connectivity index (χ1) is 12.5. The molecule has 1 fully saturated rings. The summed E-state index contributed by atoms with van der Waals surface area (Å²) in [6, 6.07) is 13.6. The molecule has 0 spiro atoms. The largest absolute Gasteiger partial charge is 0.488 e. The molecule has 1 amide bonds. The number of carbonyl (C=O) groups is 1. The summed E-state index contributed by atoms with van der Waals surface area (Å²) in [7, 11) is 0. The number of alkyl carbamates (subject to hydrolysis) is 1. The number of amides is 1. The standard InChI is InChI=1S/C19H20Cl2N2O3/c1-12(14-3-2-4-15(20)8-14)22-9-13-5-6-17(21)18(7-13)25-11-16-10-23-19(24)26-16/h2-8,12,16,22H,9-11H2,1H3,(H,23,24). The van der Waals surface area contributed by atoms with E-state index in [1.807, 2.05) is 36.4 Å². The normalized spacial score (nSPS) is 17.5. The van der Waals surface area contributed by atoms with Crippen molar-refractivity contribution in [2.45, 2.75) is 25.6 Å². The van der Waals surface area contributed by atoms with Crippen molar-refractivity contribution in [3.05, 3.63) is 63.6 Å². The predicted molar refractivity (Wildman–Crippen MR) is 102 cm³/mol. The van der Waals surface area contributed by atoms with Gasteiger partial charge in [-0.3, -0.25) is 0 Å². The van der Waals surface area contributed by atoms with Crippen LogP contribution in [0.4, 0.5) is 4.79 Å². The number of benzene rings is 2. The van der Waals surface area contributed by atoms with Gasteiger partial charge in [-0.25, -0.2) is 4.79 Å². The zero-order chi connectivity index (χ0) is 18.5. The molecule has 2 unspecified atom stereocenters. The Kier molecular flexibility index (Phi) is 6.25. The van der Waals surface area contributed by atoms with Gasteiger partial charge in [-0.2, -0.15) is 0 Å². The van der Waals surface area contributed by atoms with Crippen LogP contribution in [-0.2, 0) is 11.3 Å². The Labute approximate surface area is 162 Å². The molecule has 0 saturated carbocycles. The fraction of sp³-hybridized carbons (Fsp3) is 0.316. The molecule has 0 aliphatic carbocycles. The van der Waals surface area contributed by atoms with Crippen LogP contribution in [0.3, 0.4) is 0 Å². The van der Waals surface area contributed by atoms with Gasteiger partial charge in [0.1, 0.15) is 12.4 Å². The quantitative estimate of drug-likeness (QED) is 0.733. The summed E-state index contributed by atoms with van der Waals surface area (Å²) in [6.07, 6.45) is -0.721. The summed E-state index contributed by atoms with van der Waals surface area (Å²) in [5, 5.41) is 7.29. The van der Waals surface area contributed by atoms with E-state index in [1.54, 1.807) is 6.07 Å². The molecule has 3 rings (SSSR count). The van der Waals surface area contributed by atoms with Gasteiger partial charge in [0.2, 0.25) is 0 Å². The Morgan fingerprint density at radius 3 is 2.88 bits per heavy atom. The van der Waals surface area contributed by atoms with E-state index >= 15 is 0 Å². The van der Waals surface area contributed by atoms with Crippen LogP contribution >= 0.6 is 23.2 Å². The first-order valence-electron chi connectivity index (χ1n) is 8.36. The van der Waals surface area contributed by atoms with E-state index in [0.717, 1.165) is 16.1 Å². The minimum atomic E-state index is -0.419. The first-order valence-corrected chi connectivity index (χ1v) is 9.11. The van der Waals surface area contributed by atoms with E-state index in [0.29, 0.717) is 23.9 Å². The monoisotopic (exact) mass is 394 g/mol. The van der Waals surface area contributed by atoms with Gasteiger partial charge in [0.05, 0.1) is 11.6 Å². The Hall–Kier alpha value is -1.95. The molecule has 5 nitrogen and oxygen atoms in total. The van der Waals surface area contributed by atoms with Crippen molar-refractivity contribution >= 4 is 29.3 Å². The second kappa shape index (κ2) is 8.62. The van der Waals surface area contributed by atoms with E-state index in [1.165, 1.54) is 0 Å². The number of carbonyl (C=O) groups excluding carboxylic acids is 1. The summed E-state index contributed by atoms with van der Waals surface area (Å²) in [6.45, 7) is 3.44. The topological polar surface area (TPSA) is 59.6 Å². The van der Waals surface area contributed by atoms with Gasteiger partial charge in [-0.1, -0.05) is 41.4 Å². The maximum Gasteiger partial charge on any atom is 0.407 e. The van der Waals surface area contributed by atoms with Crippen molar-refractivity contribution in [2.24, 2.45) is 0 Å². The third-order valence-corrected chi connectivity index (χ3v) is 4.68.